The van der Waals surface area contributed by atoms with Crippen LogP contribution in [0.1, 0.15) is 31.2 Å². The number of fused-ring (bicyclic) bond motifs is 1. The van der Waals surface area contributed by atoms with Crippen molar-refractivity contribution in [3.05, 3.63) is 29.8 Å². The molecule has 0 bridgehead atoms. The van der Waals surface area contributed by atoms with E-state index in [-0.39, 0.29) is 11.8 Å². The number of carbonyl (C=O) groups is 1. The lowest BCUT2D eigenvalue weighted by molar-refractivity contribution is -0.143. The Bertz CT molecular complexity index is 678. The molecule has 28 heavy (non-hydrogen) atoms. The lowest BCUT2D eigenvalue weighted by atomic mass is 9.91. The van der Waals surface area contributed by atoms with Gasteiger partial charge in [-0.1, -0.05) is 18.2 Å². The number of amides is 1. The minimum absolute atomic E-state index is 0.00155. The smallest absolute Gasteiger partial charge is 0.357 e. The fourth-order valence-electron chi connectivity index (χ4n) is 3.15. The topological polar surface area (TPSA) is 68.8 Å². The van der Waals surface area contributed by atoms with Crippen molar-refractivity contribution >= 4 is 17.6 Å². The van der Waals surface area contributed by atoms with E-state index in [1.165, 1.54) is 11.9 Å². The van der Waals surface area contributed by atoms with Crippen LogP contribution in [-0.2, 0) is 4.79 Å². The highest BCUT2D eigenvalue weighted by Gasteiger charge is 2.28. The molecule has 156 valence electrons. The summed E-state index contributed by atoms with van der Waals surface area (Å²) in [5.41, 5.74) is 1.89. The molecule has 0 aliphatic carbocycles. The summed E-state index contributed by atoms with van der Waals surface area (Å²) in [6.07, 6.45) is -3.24. The number of anilines is 1. The number of para-hydroxylation sites is 1. The van der Waals surface area contributed by atoms with Gasteiger partial charge in [0.1, 0.15) is 0 Å². The number of hydrogen-bond donors (Lipinski definition) is 3. The Morgan fingerprint density at radius 3 is 2.79 bits per heavy atom. The number of aliphatic imine (C=N–C) groups is 1. The van der Waals surface area contributed by atoms with Gasteiger partial charge in [0.2, 0.25) is 5.91 Å². The molecule has 1 aliphatic rings. The maximum absolute atomic E-state index is 12.3. The highest BCUT2D eigenvalue weighted by molar-refractivity contribution is 5.94. The Hall–Kier alpha value is -2.29. The van der Waals surface area contributed by atoms with Crippen molar-refractivity contribution in [2.75, 3.05) is 45.1 Å². The normalized spacial score (nSPS) is 17.3. The number of rotatable bonds is 8. The van der Waals surface area contributed by atoms with Gasteiger partial charge >= 0.3 is 6.18 Å². The molecule has 0 saturated carbocycles. The monoisotopic (exact) mass is 399 g/mol. The van der Waals surface area contributed by atoms with Crippen molar-refractivity contribution in [3.8, 4) is 0 Å². The third kappa shape index (κ3) is 7.38. The molecule has 1 amide bonds. The van der Waals surface area contributed by atoms with E-state index in [2.05, 4.69) is 20.9 Å². The second-order valence-electron chi connectivity index (χ2n) is 6.89. The Morgan fingerprint density at radius 2 is 2.07 bits per heavy atom. The van der Waals surface area contributed by atoms with Crippen molar-refractivity contribution < 1.29 is 18.0 Å². The number of hydrogen-bond acceptors (Lipinski definition) is 3. The summed E-state index contributed by atoms with van der Waals surface area (Å²) in [6, 6.07) is 7.69. The molecule has 9 heteroatoms. The zero-order valence-corrected chi connectivity index (χ0v) is 16.3. The molecule has 0 radical (unpaired) electrons. The number of guanidine groups is 1. The van der Waals surface area contributed by atoms with Gasteiger partial charge in [-0.3, -0.25) is 14.7 Å². The largest absolute Gasteiger partial charge is 0.401 e. The van der Waals surface area contributed by atoms with Crippen LogP contribution in [0.5, 0.6) is 0 Å². The highest BCUT2D eigenvalue weighted by Crippen LogP contribution is 2.31. The van der Waals surface area contributed by atoms with Crippen molar-refractivity contribution in [1.29, 1.82) is 0 Å². The molecular formula is C19H28F3N5O. The van der Waals surface area contributed by atoms with E-state index < -0.39 is 12.7 Å². The standard InChI is InChI=1S/C19H28F3N5O/c1-3-23-18(24-9-6-10-27(2)13-19(20,21)22)25-12-14-11-17(28)26-16-8-5-4-7-15(14)16/h4-5,7-8,14H,3,6,9-13H2,1-2H3,(H,26,28)(H2,23,24,25). The SMILES string of the molecule is CCNC(=NCC1CC(=O)Nc2ccccc21)NCCCN(C)CC(F)(F)F. The molecule has 3 N–H and O–H groups in total. The summed E-state index contributed by atoms with van der Waals surface area (Å²) in [5.74, 6) is 0.576. The van der Waals surface area contributed by atoms with Crippen LogP contribution in [0.4, 0.5) is 18.9 Å². The van der Waals surface area contributed by atoms with Crippen LogP contribution >= 0.6 is 0 Å². The number of nitrogens with zero attached hydrogens (tertiary/aromatic N) is 2. The van der Waals surface area contributed by atoms with Crippen LogP contribution in [0.2, 0.25) is 0 Å². The number of benzene rings is 1. The predicted molar refractivity (Wildman–Crippen MR) is 105 cm³/mol. The maximum atomic E-state index is 12.3. The molecule has 1 aromatic rings. The second kappa shape index (κ2) is 10.3. The van der Waals surface area contributed by atoms with Crippen molar-refractivity contribution in [3.63, 3.8) is 0 Å². The minimum atomic E-state index is -4.18. The van der Waals surface area contributed by atoms with Crippen molar-refractivity contribution in [2.45, 2.75) is 31.9 Å². The number of nitrogens with one attached hydrogen (secondary N) is 3. The van der Waals surface area contributed by atoms with Crippen LogP contribution in [0.3, 0.4) is 0 Å². The Kier molecular flexibility index (Phi) is 8.10. The molecule has 1 unspecified atom stereocenters. The molecule has 1 aliphatic heterocycles. The van der Waals surface area contributed by atoms with Gasteiger partial charge in [-0.05, 0) is 38.6 Å². The first-order chi connectivity index (χ1) is 13.3. The van der Waals surface area contributed by atoms with Crippen LogP contribution < -0.4 is 16.0 Å². The lowest BCUT2D eigenvalue weighted by Gasteiger charge is -2.24. The molecule has 1 aromatic carbocycles. The van der Waals surface area contributed by atoms with Crippen LogP contribution in [0.25, 0.3) is 0 Å². The molecule has 0 spiro atoms. The molecule has 1 atom stereocenters. The van der Waals surface area contributed by atoms with Crippen LogP contribution in [0, 0.1) is 0 Å². The third-order valence-electron chi connectivity index (χ3n) is 4.38. The quantitative estimate of drug-likeness (QED) is 0.357. The van der Waals surface area contributed by atoms with E-state index >= 15 is 0 Å². The van der Waals surface area contributed by atoms with Gasteiger partial charge in [0.05, 0.1) is 13.1 Å². The minimum Gasteiger partial charge on any atom is -0.357 e. The Morgan fingerprint density at radius 1 is 1.32 bits per heavy atom. The number of carbonyl (C=O) groups excluding carboxylic acids is 1. The van der Waals surface area contributed by atoms with E-state index in [1.807, 2.05) is 31.2 Å². The summed E-state index contributed by atoms with van der Waals surface area (Å²) >= 11 is 0. The fraction of sp³-hybridized carbons (Fsp3) is 0.579. The summed E-state index contributed by atoms with van der Waals surface area (Å²) in [5, 5.41) is 9.14. The van der Waals surface area contributed by atoms with Gasteiger partial charge in [0.15, 0.2) is 5.96 Å². The van der Waals surface area contributed by atoms with E-state index in [0.29, 0.717) is 45.0 Å². The van der Waals surface area contributed by atoms with Gasteiger partial charge in [0.25, 0.3) is 0 Å². The first kappa shape index (κ1) is 22.0. The average Bonchev–Trinajstić information content (AvgIpc) is 2.61. The zero-order chi connectivity index (χ0) is 20.6. The van der Waals surface area contributed by atoms with Gasteiger partial charge in [-0.25, -0.2) is 0 Å². The highest BCUT2D eigenvalue weighted by atomic mass is 19.4. The van der Waals surface area contributed by atoms with Crippen LogP contribution in [0.15, 0.2) is 29.3 Å². The predicted octanol–water partition coefficient (Wildman–Crippen LogP) is 2.55. The Labute approximate surface area is 163 Å². The zero-order valence-electron chi connectivity index (χ0n) is 16.3. The fourth-order valence-corrected chi connectivity index (χ4v) is 3.15. The third-order valence-corrected chi connectivity index (χ3v) is 4.38. The van der Waals surface area contributed by atoms with E-state index in [0.717, 1.165) is 11.3 Å². The van der Waals surface area contributed by atoms with Crippen LogP contribution in [-0.4, -0.2) is 62.7 Å². The summed E-state index contributed by atoms with van der Waals surface area (Å²) in [7, 11) is 1.46. The number of halogens is 3. The first-order valence-corrected chi connectivity index (χ1v) is 9.44. The Balaban J connectivity index is 1.86. The van der Waals surface area contributed by atoms with Crippen molar-refractivity contribution in [2.24, 2.45) is 4.99 Å². The van der Waals surface area contributed by atoms with Gasteiger partial charge in [-0.15, -0.1) is 0 Å². The molecule has 1 heterocycles. The molecule has 6 nitrogen and oxygen atoms in total. The molecular weight excluding hydrogens is 371 g/mol. The maximum Gasteiger partial charge on any atom is 0.401 e. The van der Waals surface area contributed by atoms with Gasteiger partial charge < -0.3 is 16.0 Å². The van der Waals surface area contributed by atoms with Gasteiger partial charge in [0, 0.05) is 31.1 Å². The van der Waals surface area contributed by atoms with E-state index in [4.69, 9.17) is 0 Å². The van der Waals surface area contributed by atoms with E-state index in [1.54, 1.807) is 0 Å². The number of alkyl halides is 3. The van der Waals surface area contributed by atoms with Crippen molar-refractivity contribution in [1.82, 2.24) is 15.5 Å². The molecule has 0 saturated heterocycles. The van der Waals surface area contributed by atoms with E-state index in [9.17, 15) is 18.0 Å². The molecule has 0 aromatic heterocycles. The summed E-state index contributed by atoms with van der Waals surface area (Å²) < 4.78 is 37.0. The summed E-state index contributed by atoms with van der Waals surface area (Å²) in [4.78, 5) is 17.7. The molecule has 2 rings (SSSR count). The first-order valence-electron chi connectivity index (χ1n) is 9.44. The average molecular weight is 399 g/mol. The summed E-state index contributed by atoms with van der Waals surface area (Å²) in [6.45, 7) is 3.00. The molecule has 0 fully saturated rings. The second-order valence-corrected chi connectivity index (χ2v) is 6.89. The lowest BCUT2D eigenvalue weighted by Crippen LogP contribution is -2.39. The van der Waals surface area contributed by atoms with Gasteiger partial charge in [-0.2, -0.15) is 13.2 Å².